The predicted octanol–water partition coefficient (Wildman–Crippen LogP) is 2.97. The summed E-state index contributed by atoms with van der Waals surface area (Å²) in [4.78, 5) is 18.8. The Kier molecular flexibility index (Phi) is 5.39. The van der Waals surface area contributed by atoms with Crippen LogP contribution in [0.4, 0.5) is 19.0 Å². The Balaban J connectivity index is 1.36. The first-order chi connectivity index (χ1) is 16.7. The lowest BCUT2D eigenvalue weighted by atomic mass is 9.93. The van der Waals surface area contributed by atoms with Gasteiger partial charge in [-0.1, -0.05) is 18.2 Å². The third-order valence-corrected chi connectivity index (χ3v) is 8.20. The summed E-state index contributed by atoms with van der Waals surface area (Å²) >= 11 is 0. The maximum atomic E-state index is 13.8. The number of benzene rings is 1. The number of hydrogen-bond acceptors (Lipinski definition) is 7. The van der Waals surface area contributed by atoms with Crippen LogP contribution in [0, 0.1) is 6.92 Å². The lowest BCUT2D eigenvalue weighted by Gasteiger charge is -2.44. The molecule has 1 aromatic carbocycles. The first-order valence-corrected chi connectivity index (χ1v) is 13.0. The lowest BCUT2D eigenvalue weighted by Crippen LogP contribution is -2.60. The number of aromatic nitrogens is 1. The molecule has 0 unspecified atom stereocenters. The minimum atomic E-state index is -4.47. The number of ether oxygens (including phenoxy) is 1. The molecule has 2 saturated carbocycles. The van der Waals surface area contributed by atoms with E-state index in [1.54, 1.807) is 30.9 Å². The molecular weight excluding hydrogens is 499 g/mol. The Morgan fingerprint density at radius 1 is 1.14 bits per heavy atom. The molecule has 0 bridgehead atoms. The number of β-amino-alcohol motifs (C(OH)–C–C–N with tert-alkyl or cyclic N) is 1. The van der Waals surface area contributed by atoms with Gasteiger partial charge in [0.2, 0.25) is 0 Å². The molecule has 0 atom stereocenters. The molecule has 12 heteroatoms. The molecular formula is C24H26F3N3O5S. The number of pyridine rings is 1. The Bertz CT molecular complexity index is 1330. The lowest BCUT2D eigenvalue weighted by molar-refractivity contribution is -0.161. The fourth-order valence-corrected chi connectivity index (χ4v) is 5.58. The Labute approximate surface area is 206 Å². The Hall–Kier alpha value is -2.86. The van der Waals surface area contributed by atoms with Crippen molar-refractivity contribution in [3.8, 4) is 5.75 Å². The first kappa shape index (κ1) is 24.8. The number of aryl methyl sites for hydroxylation is 1. The van der Waals surface area contributed by atoms with Crippen molar-refractivity contribution in [3.05, 3.63) is 47.5 Å². The number of anilines is 1. The fourth-order valence-electron chi connectivity index (χ4n) is 4.57. The van der Waals surface area contributed by atoms with Crippen molar-refractivity contribution in [1.82, 2.24) is 9.71 Å². The van der Waals surface area contributed by atoms with Gasteiger partial charge in [0.15, 0.2) is 10.6 Å². The molecule has 3 fully saturated rings. The molecule has 2 N–H and O–H groups in total. The van der Waals surface area contributed by atoms with E-state index in [9.17, 15) is 31.5 Å². The zero-order valence-corrected chi connectivity index (χ0v) is 20.5. The monoisotopic (exact) mass is 525 g/mol. The number of amides is 1. The van der Waals surface area contributed by atoms with Crippen molar-refractivity contribution < 1.29 is 36.2 Å². The van der Waals surface area contributed by atoms with Crippen LogP contribution in [-0.4, -0.2) is 54.9 Å². The number of nitrogens with zero attached hydrogens (tertiary/aromatic N) is 2. The van der Waals surface area contributed by atoms with E-state index < -0.39 is 38.7 Å². The molecule has 0 spiro atoms. The number of carbonyl (C=O) groups excluding carboxylic acids is 1. The van der Waals surface area contributed by atoms with Crippen molar-refractivity contribution in [1.29, 1.82) is 0 Å². The van der Waals surface area contributed by atoms with E-state index in [0.29, 0.717) is 11.4 Å². The third-order valence-electron chi connectivity index (χ3n) is 6.97. The molecule has 194 valence electrons. The van der Waals surface area contributed by atoms with E-state index >= 15 is 0 Å². The highest BCUT2D eigenvalue weighted by Crippen LogP contribution is 2.61. The van der Waals surface area contributed by atoms with E-state index in [0.717, 1.165) is 0 Å². The number of aliphatic hydroxyl groups is 1. The third kappa shape index (κ3) is 4.30. The average Bonchev–Trinajstić information content (AvgIpc) is 3.67. The van der Waals surface area contributed by atoms with Gasteiger partial charge in [0, 0.05) is 31.5 Å². The summed E-state index contributed by atoms with van der Waals surface area (Å²) < 4.78 is 75.1. The highest BCUT2D eigenvalue weighted by molar-refractivity contribution is 7.90. The second-order valence-corrected chi connectivity index (χ2v) is 11.9. The highest BCUT2D eigenvalue weighted by Gasteiger charge is 2.66. The summed E-state index contributed by atoms with van der Waals surface area (Å²) in [5.41, 5.74) is -3.87. The minimum absolute atomic E-state index is 0.0395. The van der Waals surface area contributed by atoms with Crippen LogP contribution in [0.5, 0.6) is 5.75 Å². The Morgan fingerprint density at radius 2 is 1.81 bits per heavy atom. The number of nitrogens with one attached hydrogen (secondary N) is 1. The molecule has 8 nitrogen and oxygen atoms in total. The second-order valence-electron chi connectivity index (χ2n) is 10.3. The topological polar surface area (TPSA) is 109 Å². The van der Waals surface area contributed by atoms with Crippen LogP contribution in [0.25, 0.3) is 0 Å². The van der Waals surface area contributed by atoms with Crippen molar-refractivity contribution in [3.63, 3.8) is 0 Å². The average molecular weight is 526 g/mol. The molecule has 2 heterocycles. The van der Waals surface area contributed by atoms with Gasteiger partial charge >= 0.3 is 6.18 Å². The van der Waals surface area contributed by atoms with Crippen LogP contribution >= 0.6 is 0 Å². The van der Waals surface area contributed by atoms with Gasteiger partial charge in [-0.15, -0.1) is 0 Å². The summed E-state index contributed by atoms with van der Waals surface area (Å²) in [6.07, 6.45) is -4.28. The normalized spacial score (nSPS) is 21.3. The molecule has 36 heavy (non-hydrogen) atoms. The highest BCUT2D eigenvalue weighted by atomic mass is 32.2. The standard InChI is InChI=1S/C24H26F3N3O5S/c1-15-6-7-16(22(8-9-22)24(25,26)27)17(12-15)35-23(10-11-23)20(31)29-36(33,34)19-5-3-4-18(28-19)30-13-21(2,32)14-30/h3-7,12,32H,8-11,13-14H2,1-2H3,(H,29,31). The maximum absolute atomic E-state index is 13.8. The SMILES string of the molecule is Cc1ccc(C2(C(F)(F)F)CC2)c(OC2(C(=O)NS(=O)(=O)c3cccc(N4CC(C)(O)C4)n3)CC2)c1. The zero-order chi connectivity index (χ0) is 26.1. The van der Waals surface area contributed by atoms with Gasteiger partial charge in [-0.3, -0.25) is 4.79 Å². The van der Waals surface area contributed by atoms with Crippen LogP contribution in [0.3, 0.4) is 0 Å². The molecule has 1 aromatic heterocycles. The molecule has 1 amide bonds. The van der Waals surface area contributed by atoms with Crippen molar-refractivity contribution in [2.45, 2.75) is 67.4 Å². The van der Waals surface area contributed by atoms with Gasteiger partial charge < -0.3 is 14.7 Å². The summed E-state index contributed by atoms with van der Waals surface area (Å²) in [5, 5.41) is 9.54. The maximum Gasteiger partial charge on any atom is 0.398 e. The van der Waals surface area contributed by atoms with E-state index in [1.807, 2.05) is 4.72 Å². The molecule has 0 radical (unpaired) electrons. The van der Waals surface area contributed by atoms with Crippen molar-refractivity contribution in [2.75, 3.05) is 18.0 Å². The number of sulfonamides is 1. The quantitative estimate of drug-likeness (QED) is 0.572. The van der Waals surface area contributed by atoms with E-state index in [4.69, 9.17) is 4.74 Å². The molecule has 1 saturated heterocycles. The Morgan fingerprint density at radius 3 is 2.36 bits per heavy atom. The summed E-state index contributed by atoms with van der Waals surface area (Å²) in [5.74, 6) is -0.675. The van der Waals surface area contributed by atoms with Crippen LogP contribution in [0.15, 0.2) is 41.4 Å². The van der Waals surface area contributed by atoms with Crippen molar-refractivity contribution >= 4 is 21.7 Å². The van der Waals surface area contributed by atoms with E-state index in [-0.39, 0.29) is 55.1 Å². The van der Waals surface area contributed by atoms with Gasteiger partial charge in [0.1, 0.15) is 11.6 Å². The van der Waals surface area contributed by atoms with E-state index in [2.05, 4.69) is 4.98 Å². The summed E-state index contributed by atoms with van der Waals surface area (Å²) in [7, 11) is -4.38. The second kappa shape index (κ2) is 7.82. The van der Waals surface area contributed by atoms with Crippen LogP contribution in [0.2, 0.25) is 0 Å². The zero-order valence-electron chi connectivity index (χ0n) is 19.7. The largest absolute Gasteiger partial charge is 0.477 e. The van der Waals surface area contributed by atoms with Gasteiger partial charge in [0.25, 0.3) is 15.9 Å². The van der Waals surface area contributed by atoms with Gasteiger partial charge in [-0.25, -0.2) is 9.71 Å². The number of carbonyl (C=O) groups is 1. The van der Waals surface area contributed by atoms with Gasteiger partial charge in [-0.05, 0) is 50.5 Å². The smallest absolute Gasteiger partial charge is 0.398 e. The van der Waals surface area contributed by atoms with Crippen molar-refractivity contribution in [2.24, 2.45) is 0 Å². The summed E-state index contributed by atoms with van der Waals surface area (Å²) in [6, 6.07) is 8.69. The number of alkyl halides is 3. The molecule has 5 rings (SSSR count). The minimum Gasteiger partial charge on any atom is -0.477 e. The predicted molar refractivity (Wildman–Crippen MR) is 123 cm³/mol. The number of rotatable bonds is 7. The van der Waals surface area contributed by atoms with Gasteiger partial charge in [0.05, 0.1) is 11.0 Å². The fraction of sp³-hybridized carbons (Fsp3) is 0.500. The summed E-state index contributed by atoms with van der Waals surface area (Å²) in [6.45, 7) is 3.92. The molecule has 2 aliphatic carbocycles. The van der Waals surface area contributed by atoms with Crippen LogP contribution < -0.4 is 14.4 Å². The van der Waals surface area contributed by atoms with E-state index in [1.165, 1.54) is 24.3 Å². The molecule has 2 aromatic rings. The number of hydrogen-bond donors (Lipinski definition) is 2. The molecule has 1 aliphatic heterocycles. The van der Waals surface area contributed by atoms with Gasteiger partial charge in [-0.2, -0.15) is 21.6 Å². The van der Waals surface area contributed by atoms with Crippen LogP contribution in [-0.2, 0) is 20.2 Å². The number of halogens is 3. The van der Waals surface area contributed by atoms with Crippen LogP contribution in [0.1, 0.15) is 43.7 Å². The first-order valence-electron chi connectivity index (χ1n) is 11.6. The molecule has 3 aliphatic rings.